The number of hydrogen-bond acceptors (Lipinski definition) is 6. The lowest BCUT2D eigenvalue weighted by Gasteiger charge is -2.16. The Morgan fingerprint density at radius 1 is 0.931 bits per heavy atom. The predicted molar refractivity (Wildman–Crippen MR) is 116 cm³/mol. The summed E-state index contributed by atoms with van der Waals surface area (Å²) in [5, 5.41) is 0. The topological polar surface area (TPSA) is 63.2 Å². The van der Waals surface area contributed by atoms with E-state index in [2.05, 4.69) is 11.3 Å². The maximum atomic E-state index is 11.0. The largest absolute Gasteiger partial charge is 0.497 e. The van der Waals surface area contributed by atoms with Crippen LogP contribution in [0.25, 0.3) is 0 Å². The number of carbonyl (C=O) groups is 1. The van der Waals surface area contributed by atoms with E-state index >= 15 is 0 Å². The Morgan fingerprint density at radius 3 is 1.90 bits per heavy atom. The van der Waals surface area contributed by atoms with Crippen molar-refractivity contribution < 1.29 is 28.5 Å². The fourth-order valence-corrected chi connectivity index (χ4v) is 2.15. The van der Waals surface area contributed by atoms with Gasteiger partial charge in [-0.25, -0.2) is 0 Å². The van der Waals surface area contributed by atoms with E-state index in [1.807, 2.05) is 49.4 Å². The molecule has 0 saturated heterocycles. The molecule has 1 aliphatic rings. The van der Waals surface area contributed by atoms with Gasteiger partial charge in [-0.3, -0.25) is 4.79 Å². The van der Waals surface area contributed by atoms with Gasteiger partial charge in [0.05, 0.1) is 21.3 Å². The summed E-state index contributed by atoms with van der Waals surface area (Å²) >= 11 is 0. The van der Waals surface area contributed by atoms with E-state index in [1.54, 1.807) is 41.6 Å². The second-order valence-corrected chi connectivity index (χ2v) is 5.65. The fraction of sp³-hybridized carbons (Fsp3) is 0.348. The van der Waals surface area contributed by atoms with Gasteiger partial charge in [0.15, 0.2) is 17.3 Å². The standard InChI is InChI=1S/C10H10O3.C8H10O2.C3H6.C2H6O/c1-12-9-3-2-7-4-8(11)6-13-10(7)5-9;1-9-7-5-3-4-6-8(7)10-2;2*1-3-2/h2-3,5H,4,6H2,1H3;3-6H,1-2H3;3H,1H2,2H3;1-2H3. The average Bonchev–Trinajstić information content (AvgIpc) is 2.75. The number of benzene rings is 2. The van der Waals surface area contributed by atoms with Gasteiger partial charge in [0.2, 0.25) is 0 Å². The first-order valence-electron chi connectivity index (χ1n) is 8.96. The molecule has 0 N–H and O–H groups in total. The van der Waals surface area contributed by atoms with Gasteiger partial charge in [0.1, 0.15) is 18.1 Å². The number of Topliss-reactive ketones (excluding diaryl/α,β-unsaturated/α-hetero) is 1. The summed E-state index contributed by atoms with van der Waals surface area (Å²) in [5.41, 5.74) is 0.942. The second kappa shape index (κ2) is 16.0. The lowest BCUT2D eigenvalue weighted by atomic mass is 10.1. The van der Waals surface area contributed by atoms with Crippen LogP contribution in [0.5, 0.6) is 23.0 Å². The molecule has 1 heterocycles. The van der Waals surface area contributed by atoms with E-state index in [0.717, 1.165) is 28.6 Å². The predicted octanol–water partition coefficient (Wildman–Crippen LogP) is 4.36. The molecule has 160 valence electrons. The molecule has 0 bridgehead atoms. The third-order valence-corrected chi connectivity index (χ3v) is 3.34. The maximum absolute atomic E-state index is 11.0. The average molecular weight is 405 g/mol. The van der Waals surface area contributed by atoms with Crippen molar-refractivity contribution >= 4 is 5.78 Å². The molecule has 0 aromatic heterocycles. The van der Waals surface area contributed by atoms with Crippen LogP contribution in [-0.4, -0.2) is 47.9 Å². The van der Waals surface area contributed by atoms with Gasteiger partial charge in [-0.1, -0.05) is 24.3 Å². The Balaban J connectivity index is 0.000000435. The Morgan fingerprint density at radius 2 is 1.45 bits per heavy atom. The van der Waals surface area contributed by atoms with E-state index in [0.29, 0.717) is 6.42 Å². The molecular formula is C23H32O6. The van der Waals surface area contributed by atoms with Gasteiger partial charge < -0.3 is 23.7 Å². The van der Waals surface area contributed by atoms with Gasteiger partial charge in [-0.2, -0.15) is 0 Å². The van der Waals surface area contributed by atoms with Gasteiger partial charge >= 0.3 is 0 Å². The number of para-hydroxylation sites is 2. The Bertz CT molecular complexity index is 704. The first-order chi connectivity index (χ1) is 14.0. The summed E-state index contributed by atoms with van der Waals surface area (Å²) in [6.07, 6.45) is 2.22. The number of fused-ring (bicyclic) bond motifs is 1. The van der Waals surface area contributed by atoms with Crippen molar-refractivity contribution in [1.82, 2.24) is 0 Å². The van der Waals surface area contributed by atoms with Crippen LogP contribution in [0.1, 0.15) is 12.5 Å². The Hall–Kier alpha value is -2.99. The van der Waals surface area contributed by atoms with Crippen LogP contribution in [-0.2, 0) is 16.0 Å². The van der Waals surface area contributed by atoms with Gasteiger partial charge in [-0.15, -0.1) is 6.58 Å². The minimum atomic E-state index is 0.123. The van der Waals surface area contributed by atoms with Crippen molar-refractivity contribution in [3.8, 4) is 23.0 Å². The SMILES string of the molecule is C=CC.COC.COc1ccc2c(c1)OCC(=O)C2.COc1ccccc1OC. The van der Waals surface area contributed by atoms with Crippen molar-refractivity contribution in [3.63, 3.8) is 0 Å². The fourth-order valence-electron chi connectivity index (χ4n) is 2.15. The molecule has 0 fully saturated rings. The molecule has 1 aliphatic heterocycles. The molecule has 2 aromatic carbocycles. The monoisotopic (exact) mass is 404 g/mol. The third kappa shape index (κ3) is 10.2. The molecule has 0 aliphatic carbocycles. The highest BCUT2D eigenvalue weighted by Gasteiger charge is 2.16. The van der Waals surface area contributed by atoms with Gasteiger partial charge in [0.25, 0.3) is 0 Å². The number of methoxy groups -OCH3 is 4. The van der Waals surface area contributed by atoms with Crippen LogP contribution in [0.3, 0.4) is 0 Å². The molecule has 0 saturated carbocycles. The Labute approximate surface area is 174 Å². The zero-order valence-corrected chi connectivity index (χ0v) is 18.2. The molecule has 2 aromatic rings. The van der Waals surface area contributed by atoms with Crippen LogP contribution in [0.4, 0.5) is 0 Å². The number of ether oxygens (including phenoxy) is 5. The molecule has 0 spiro atoms. The summed E-state index contributed by atoms with van der Waals surface area (Å²) in [6, 6.07) is 13.0. The molecule has 0 atom stereocenters. The quantitative estimate of drug-likeness (QED) is 0.709. The van der Waals surface area contributed by atoms with E-state index in [4.69, 9.17) is 18.9 Å². The van der Waals surface area contributed by atoms with E-state index in [-0.39, 0.29) is 12.4 Å². The molecule has 29 heavy (non-hydrogen) atoms. The van der Waals surface area contributed by atoms with Crippen molar-refractivity contribution in [2.24, 2.45) is 0 Å². The smallest absolute Gasteiger partial charge is 0.174 e. The molecular weight excluding hydrogens is 372 g/mol. The first kappa shape index (κ1) is 26.0. The summed E-state index contributed by atoms with van der Waals surface area (Å²) in [4.78, 5) is 11.0. The van der Waals surface area contributed by atoms with E-state index in [1.165, 1.54) is 0 Å². The van der Waals surface area contributed by atoms with Crippen molar-refractivity contribution in [2.75, 3.05) is 42.2 Å². The molecule has 0 amide bonds. The first-order valence-corrected chi connectivity index (χ1v) is 8.96. The molecule has 0 unspecified atom stereocenters. The van der Waals surface area contributed by atoms with E-state index < -0.39 is 0 Å². The number of ketones is 1. The maximum Gasteiger partial charge on any atom is 0.174 e. The second-order valence-electron chi connectivity index (χ2n) is 5.65. The lowest BCUT2D eigenvalue weighted by Crippen LogP contribution is -2.19. The number of rotatable bonds is 3. The zero-order valence-electron chi connectivity index (χ0n) is 18.2. The number of carbonyl (C=O) groups excluding carboxylic acids is 1. The van der Waals surface area contributed by atoms with Crippen LogP contribution in [0, 0.1) is 0 Å². The molecule has 6 heteroatoms. The normalized spacial score (nSPS) is 10.8. The Kier molecular flexibility index (Phi) is 14.4. The van der Waals surface area contributed by atoms with Crippen LogP contribution in [0.2, 0.25) is 0 Å². The van der Waals surface area contributed by atoms with Crippen molar-refractivity contribution in [2.45, 2.75) is 13.3 Å². The van der Waals surface area contributed by atoms with Crippen LogP contribution < -0.4 is 18.9 Å². The minimum absolute atomic E-state index is 0.123. The number of hydrogen-bond donors (Lipinski definition) is 0. The molecule has 0 radical (unpaired) electrons. The summed E-state index contributed by atoms with van der Waals surface area (Å²) in [5.74, 6) is 3.18. The third-order valence-electron chi connectivity index (χ3n) is 3.34. The van der Waals surface area contributed by atoms with Crippen molar-refractivity contribution in [3.05, 3.63) is 60.7 Å². The minimum Gasteiger partial charge on any atom is -0.497 e. The highest BCUT2D eigenvalue weighted by Crippen LogP contribution is 2.27. The summed E-state index contributed by atoms with van der Waals surface area (Å²) in [6.45, 7) is 5.43. The van der Waals surface area contributed by atoms with Gasteiger partial charge in [-0.05, 0) is 25.1 Å². The lowest BCUT2D eigenvalue weighted by molar-refractivity contribution is -0.121. The summed E-state index contributed by atoms with van der Waals surface area (Å²) < 4.78 is 24.6. The van der Waals surface area contributed by atoms with E-state index in [9.17, 15) is 4.79 Å². The highest BCUT2D eigenvalue weighted by molar-refractivity contribution is 5.84. The van der Waals surface area contributed by atoms with Gasteiger partial charge in [0, 0.05) is 32.3 Å². The molecule has 3 rings (SSSR count). The van der Waals surface area contributed by atoms with Crippen LogP contribution >= 0.6 is 0 Å². The summed E-state index contributed by atoms with van der Waals surface area (Å²) in [7, 11) is 8.10. The van der Waals surface area contributed by atoms with Crippen molar-refractivity contribution in [1.29, 1.82) is 0 Å². The van der Waals surface area contributed by atoms with Crippen LogP contribution in [0.15, 0.2) is 55.1 Å². The number of allylic oxidation sites excluding steroid dienone is 1. The molecule has 6 nitrogen and oxygen atoms in total. The zero-order chi connectivity index (χ0) is 22.1. The highest BCUT2D eigenvalue weighted by atomic mass is 16.5.